The number of halogens is 1. The first kappa shape index (κ1) is 22.7. The van der Waals surface area contributed by atoms with Crippen molar-refractivity contribution >= 4 is 39.1 Å². The molecule has 0 radical (unpaired) electrons. The molecule has 2 saturated heterocycles. The van der Waals surface area contributed by atoms with E-state index in [0.717, 1.165) is 10.5 Å². The van der Waals surface area contributed by atoms with Crippen molar-refractivity contribution in [2.24, 2.45) is 0 Å². The number of sulfonamides is 1. The van der Waals surface area contributed by atoms with E-state index in [1.54, 1.807) is 49.4 Å². The molecule has 8 nitrogen and oxygen atoms in total. The minimum absolute atomic E-state index is 0.0368. The molecular weight excluding hydrogens is 454 g/mol. The molecule has 0 saturated carbocycles. The number of ether oxygens (including phenoxy) is 1. The number of amides is 2. The van der Waals surface area contributed by atoms with Gasteiger partial charge in [0.05, 0.1) is 30.2 Å². The van der Waals surface area contributed by atoms with Crippen molar-refractivity contribution in [1.29, 1.82) is 0 Å². The minimum atomic E-state index is -3.59. The van der Waals surface area contributed by atoms with E-state index in [2.05, 4.69) is 0 Å². The van der Waals surface area contributed by atoms with Crippen molar-refractivity contribution in [3.8, 4) is 5.75 Å². The van der Waals surface area contributed by atoms with Gasteiger partial charge < -0.3 is 4.74 Å². The van der Waals surface area contributed by atoms with Crippen molar-refractivity contribution in [3.63, 3.8) is 0 Å². The molecule has 4 rings (SSSR count). The Morgan fingerprint density at radius 3 is 2.31 bits per heavy atom. The maximum Gasteiger partial charge on any atom is 0.251 e. The Kier molecular flexibility index (Phi) is 6.26. The van der Waals surface area contributed by atoms with E-state index in [-0.39, 0.29) is 36.2 Å². The third-order valence-electron chi connectivity index (χ3n) is 5.92. The van der Waals surface area contributed by atoms with Gasteiger partial charge in [-0.1, -0.05) is 29.8 Å². The number of anilines is 1. The summed E-state index contributed by atoms with van der Waals surface area (Å²) in [5.41, 5.74) is 1.10. The first-order valence-corrected chi connectivity index (χ1v) is 12.1. The Balaban J connectivity index is 1.50. The summed E-state index contributed by atoms with van der Waals surface area (Å²) in [6.45, 7) is 3.01. The third kappa shape index (κ3) is 4.01. The molecule has 10 heteroatoms. The van der Waals surface area contributed by atoms with Crippen molar-refractivity contribution in [3.05, 3.63) is 53.1 Å². The van der Waals surface area contributed by atoms with Crippen LogP contribution in [-0.2, 0) is 19.6 Å². The van der Waals surface area contributed by atoms with Crippen LogP contribution in [0.4, 0.5) is 5.69 Å². The number of rotatable bonds is 5. The van der Waals surface area contributed by atoms with Crippen LogP contribution in [-0.4, -0.2) is 68.8 Å². The molecule has 1 atom stereocenters. The molecule has 0 bridgehead atoms. The monoisotopic (exact) mass is 477 g/mol. The maximum absolute atomic E-state index is 13.2. The lowest BCUT2D eigenvalue weighted by Gasteiger charge is -2.36. The van der Waals surface area contributed by atoms with Gasteiger partial charge >= 0.3 is 0 Å². The molecule has 2 amide bonds. The first-order valence-electron chi connectivity index (χ1n) is 10.2. The fourth-order valence-electron chi connectivity index (χ4n) is 4.14. The van der Waals surface area contributed by atoms with Gasteiger partial charge in [-0.05, 0) is 30.7 Å². The molecule has 0 unspecified atom stereocenters. The molecule has 2 heterocycles. The fraction of sp³-hybridized carbons (Fsp3) is 0.364. The van der Waals surface area contributed by atoms with Gasteiger partial charge in [0.15, 0.2) is 0 Å². The molecule has 170 valence electrons. The van der Waals surface area contributed by atoms with E-state index in [0.29, 0.717) is 29.5 Å². The lowest BCUT2D eigenvalue weighted by Crippen LogP contribution is -2.53. The SMILES string of the molecule is COc1cc(Cl)c(C)cc1N1C(=O)C[C@@H](N2CCN(S(=O)(=O)c3ccccc3)CC2)C1=O. The number of imide groups is 1. The van der Waals surface area contributed by atoms with Gasteiger partial charge in [0.25, 0.3) is 5.91 Å². The zero-order valence-corrected chi connectivity index (χ0v) is 19.4. The smallest absolute Gasteiger partial charge is 0.251 e. The minimum Gasteiger partial charge on any atom is -0.495 e. The van der Waals surface area contributed by atoms with Gasteiger partial charge in [-0.25, -0.2) is 13.3 Å². The summed E-state index contributed by atoms with van der Waals surface area (Å²) in [5.74, 6) is -0.310. The molecule has 0 aromatic heterocycles. The fourth-order valence-corrected chi connectivity index (χ4v) is 5.73. The van der Waals surface area contributed by atoms with Crippen molar-refractivity contribution < 1.29 is 22.7 Å². The van der Waals surface area contributed by atoms with E-state index in [9.17, 15) is 18.0 Å². The summed E-state index contributed by atoms with van der Waals surface area (Å²) >= 11 is 6.16. The summed E-state index contributed by atoms with van der Waals surface area (Å²) in [6.07, 6.45) is 0.0368. The standard InChI is InChI=1S/C22H24ClN3O5S/c1-15-12-18(20(31-2)13-17(15)23)26-21(27)14-19(22(26)28)24-8-10-25(11-9-24)32(29,30)16-6-4-3-5-7-16/h3-7,12-13,19H,8-11,14H2,1-2H3/t19-/m1/s1. The Hall–Kier alpha value is -2.46. The molecule has 0 N–H and O–H groups in total. The van der Waals surface area contributed by atoms with Crippen LogP contribution in [0.3, 0.4) is 0 Å². The van der Waals surface area contributed by atoms with Crippen molar-refractivity contribution in [2.75, 3.05) is 38.2 Å². The zero-order chi connectivity index (χ0) is 23.0. The second-order valence-electron chi connectivity index (χ2n) is 7.81. The lowest BCUT2D eigenvalue weighted by atomic mass is 10.1. The highest BCUT2D eigenvalue weighted by atomic mass is 35.5. The molecule has 2 aromatic carbocycles. The average molecular weight is 478 g/mol. The second kappa shape index (κ2) is 8.82. The zero-order valence-electron chi connectivity index (χ0n) is 17.8. The van der Waals surface area contributed by atoms with Gasteiger partial charge in [0, 0.05) is 37.3 Å². The van der Waals surface area contributed by atoms with Crippen LogP contribution in [0.25, 0.3) is 0 Å². The molecule has 2 fully saturated rings. The molecule has 2 aliphatic heterocycles. The number of nitrogens with zero attached hydrogens (tertiary/aromatic N) is 3. The van der Waals surface area contributed by atoms with Gasteiger partial charge in [-0.15, -0.1) is 0 Å². The van der Waals surface area contributed by atoms with Crippen LogP contribution in [0.5, 0.6) is 5.75 Å². The topological polar surface area (TPSA) is 87.2 Å². The largest absolute Gasteiger partial charge is 0.495 e. The van der Waals surface area contributed by atoms with Crippen LogP contribution >= 0.6 is 11.6 Å². The molecule has 0 aliphatic carbocycles. The number of methoxy groups -OCH3 is 1. The normalized spacial score (nSPS) is 20.7. The van der Waals surface area contributed by atoms with E-state index >= 15 is 0 Å². The molecule has 2 aliphatic rings. The Morgan fingerprint density at radius 2 is 1.69 bits per heavy atom. The highest BCUT2D eigenvalue weighted by Crippen LogP contribution is 2.37. The predicted molar refractivity (Wildman–Crippen MR) is 120 cm³/mol. The van der Waals surface area contributed by atoms with Crippen LogP contribution < -0.4 is 9.64 Å². The number of aryl methyl sites for hydroxylation is 1. The summed E-state index contributed by atoms with van der Waals surface area (Å²) < 4.78 is 32.5. The number of carbonyl (C=O) groups excluding carboxylic acids is 2. The Bertz CT molecular complexity index is 1150. The highest BCUT2D eigenvalue weighted by Gasteiger charge is 2.45. The summed E-state index contributed by atoms with van der Waals surface area (Å²) in [7, 11) is -2.13. The molecule has 2 aromatic rings. The quantitative estimate of drug-likeness (QED) is 0.614. The van der Waals surface area contributed by atoms with Gasteiger partial charge in [-0.3, -0.25) is 14.5 Å². The molecular formula is C22H24ClN3O5S. The van der Waals surface area contributed by atoms with E-state index in [1.807, 2.05) is 4.90 Å². The lowest BCUT2D eigenvalue weighted by molar-refractivity contribution is -0.123. The third-order valence-corrected chi connectivity index (χ3v) is 8.24. The maximum atomic E-state index is 13.2. The number of hydrogen-bond acceptors (Lipinski definition) is 6. The van der Waals surface area contributed by atoms with Gasteiger partial charge in [0.2, 0.25) is 15.9 Å². The van der Waals surface area contributed by atoms with E-state index in [4.69, 9.17) is 16.3 Å². The molecule has 32 heavy (non-hydrogen) atoms. The number of benzene rings is 2. The average Bonchev–Trinajstić information content (AvgIpc) is 3.09. The second-order valence-corrected chi connectivity index (χ2v) is 10.2. The van der Waals surface area contributed by atoms with Crippen LogP contribution in [0, 0.1) is 6.92 Å². The van der Waals surface area contributed by atoms with Crippen LogP contribution in [0.2, 0.25) is 5.02 Å². The first-order chi connectivity index (χ1) is 15.2. The number of hydrogen-bond donors (Lipinski definition) is 0. The number of piperazine rings is 1. The van der Waals surface area contributed by atoms with Gasteiger partial charge in [0.1, 0.15) is 5.75 Å². The highest BCUT2D eigenvalue weighted by molar-refractivity contribution is 7.89. The van der Waals surface area contributed by atoms with E-state index < -0.39 is 16.1 Å². The number of carbonyl (C=O) groups is 2. The van der Waals surface area contributed by atoms with Crippen molar-refractivity contribution in [2.45, 2.75) is 24.3 Å². The summed E-state index contributed by atoms with van der Waals surface area (Å²) in [4.78, 5) is 29.3. The van der Waals surface area contributed by atoms with Crippen LogP contribution in [0.1, 0.15) is 12.0 Å². The Labute approximate surface area is 192 Å². The van der Waals surface area contributed by atoms with Crippen molar-refractivity contribution in [1.82, 2.24) is 9.21 Å². The van der Waals surface area contributed by atoms with Gasteiger partial charge in [-0.2, -0.15) is 4.31 Å². The summed E-state index contributed by atoms with van der Waals surface area (Å²) in [6, 6.07) is 10.9. The van der Waals surface area contributed by atoms with Crippen LogP contribution in [0.15, 0.2) is 47.4 Å². The molecule has 0 spiro atoms. The predicted octanol–water partition coefficient (Wildman–Crippen LogP) is 2.30. The Morgan fingerprint density at radius 1 is 1.03 bits per heavy atom. The summed E-state index contributed by atoms with van der Waals surface area (Å²) in [5, 5.41) is 0.483. The van der Waals surface area contributed by atoms with E-state index in [1.165, 1.54) is 11.4 Å².